The van der Waals surface area contributed by atoms with Gasteiger partial charge in [0.15, 0.2) is 0 Å². The third kappa shape index (κ3) is 2.73. The van der Waals surface area contributed by atoms with E-state index in [1.54, 1.807) is 42.5 Å². The molecular formula is C20H20N2O4. The number of anilines is 2. The first-order valence-corrected chi connectivity index (χ1v) is 8.48. The summed E-state index contributed by atoms with van der Waals surface area (Å²) < 4.78 is 4.79. The van der Waals surface area contributed by atoms with Crippen molar-refractivity contribution in [3.8, 4) is 0 Å². The predicted molar refractivity (Wildman–Crippen MR) is 98.9 cm³/mol. The largest absolute Gasteiger partial charge is 0.465 e. The lowest BCUT2D eigenvalue weighted by molar-refractivity contribution is 0.0600. The van der Waals surface area contributed by atoms with Gasteiger partial charge < -0.3 is 9.64 Å². The highest BCUT2D eigenvalue weighted by atomic mass is 16.5. The van der Waals surface area contributed by atoms with Gasteiger partial charge in [0.05, 0.1) is 35.2 Å². The highest BCUT2D eigenvalue weighted by Crippen LogP contribution is 2.36. The van der Waals surface area contributed by atoms with Crippen LogP contribution in [-0.4, -0.2) is 38.0 Å². The number of rotatable bonds is 5. The Morgan fingerprint density at radius 1 is 1.00 bits per heavy atom. The van der Waals surface area contributed by atoms with Crippen molar-refractivity contribution >= 4 is 29.2 Å². The van der Waals surface area contributed by atoms with Crippen LogP contribution in [0, 0.1) is 0 Å². The number of methoxy groups -OCH3 is 1. The molecule has 2 aromatic rings. The molecule has 0 saturated heterocycles. The number of hydrogen-bond donors (Lipinski definition) is 0. The standard InChI is InChI=1S/C20H20N2O4/c1-4-21(5-2)17-12-13(20(25)26-3)10-11-16(17)22-18(23)14-8-6-7-9-15(14)19(22)24/h6-12H,4-5H2,1-3H3. The third-order valence-electron chi connectivity index (χ3n) is 4.54. The van der Waals surface area contributed by atoms with E-state index >= 15 is 0 Å². The molecule has 0 aromatic heterocycles. The molecule has 0 saturated carbocycles. The Kier molecular flexibility index (Phi) is 4.75. The molecule has 0 spiro atoms. The predicted octanol–water partition coefficient (Wildman–Crippen LogP) is 3.12. The topological polar surface area (TPSA) is 66.9 Å². The number of nitrogens with zero attached hydrogens (tertiary/aromatic N) is 2. The fraction of sp³-hybridized carbons (Fsp3) is 0.250. The van der Waals surface area contributed by atoms with E-state index in [1.807, 2.05) is 18.7 Å². The fourth-order valence-electron chi connectivity index (χ4n) is 3.18. The van der Waals surface area contributed by atoms with Gasteiger partial charge in [-0.3, -0.25) is 9.59 Å². The van der Waals surface area contributed by atoms with Crippen molar-refractivity contribution in [3.05, 3.63) is 59.2 Å². The van der Waals surface area contributed by atoms with E-state index in [-0.39, 0.29) is 11.8 Å². The van der Waals surface area contributed by atoms with Crippen molar-refractivity contribution in [1.82, 2.24) is 0 Å². The minimum Gasteiger partial charge on any atom is -0.465 e. The Bertz CT molecular complexity index is 852. The molecule has 26 heavy (non-hydrogen) atoms. The molecule has 134 valence electrons. The Hall–Kier alpha value is -3.15. The number of imide groups is 1. The van der Waals surface area contributed by atoms with Crippen LogP contribution in [0.25, 0.3) is 0 Å². The number of benzene rings is 2. The Morgan fingerprint density at radius 3 is 2.08 bits per heavy atom. The summed E-state index contributed by atoms with van der Waals surface area (Å²) >= 11 is 0. The van der Waals surface area contributed by atoms with Gasteiger partial charge in [-0.1, -0.05) is 12.1 Å². The maximum Gasteiger partial charge on any atom is 0.337 e. The SMILES string of the molecule is CCN(CC)c1cc(C(=O)OC)ccc1N1C(=O)c2ccccc2C1=O. The van der Waals surface area contributed by atoms with Crippen molar-refractivity contribution in [2.24, 2.45) is 0 Å². The molecule has 2 aromatic carbocycles. The number of amides is 2. The maximum atomic E-state index is 12.8. The molecule has 0 radical (unpaired) electrons. The van der Waals surface area contributed by atoms with Crippen LogP contribution in [0.1, 0.15) is 44.9 Å². The highest BCUT2D eigenvalue weighted by Gasteiger charge is 2.38. The lowest BCUT2D eigenvalue weighted by Gasteiger charge is -2.27. The molecule has 1 aliphatic rings. The minimum atomic E-state index is -0.465. The van der Waals surface area contributed by atoms with Crippen LogP contribution in [0.2, 0.25) is 0 Å². The van der Waals surface area contributed by atoms with Crippen LogP contribution in [0.3, 0.4) is 0 Å². The summed E-state index contributed by atoms with van der Waals surface area (Å²) in [5, 5.41) is 0. The second-order valence-electron chi connectivity index (χ2n) is 5.86. The number of carbonyl (C=O) groups is 3. The Labute approximate surface area is 152 Å². The van der Waals surface area contributed by atoms with Crippen molar-refractivity contribution in [1.29, 1.82) is 0 Å². The normalized spacial score (nSPS) is 13.0. The lowest BCUT2D eigenvalue weighted by Crippen LogP contribution is -2.32. The molecule has 0 unspecified atom stereocenters. The molecule has 1 heterocycles. The number of hydrogen-bond acceptors (Lipinski definition) is 5. The zero-order chi connectivity index (χ0) is 18.8. The van der Waals surface area contributed by atoms with Gasteiger partial charge in [0.1, 0.15) is 0 Å². The summed E-state index contributed by atoms with van der Waals surface area (Å²) in [6.07, 6.45) is 0. The molecule has 3 rings (SSSR count). The summed E-state index contributed by atoms with van der Waals surface area (Å²) in [5.74, 6) is -1.18. The molecular weight excluding hydrogens is 332 g/mol. The van der Waals surface area contributed by atoms with Gasteiger partial charge in [0.2, 0.25) is 0 Å². The molecule has 6 heteroatoms. The summed E-state index contributed by atoms with van der Waals surface area (Å²) in [4.78, 5) is 40.7. The zero-order valence-electron chi connectivity index (χ0n) is 15.0. The van der Waals surface area contributed by atoms with E-state index in [0.717, 1.165) is 0 Å². The minimum absolute atomic E-state index is 0.357. The first kappa shape index (κ1) is 17.7. The second kappa shape index (κ2) is 7.00. The summed E-state index contributed by atoms with van der Waals surface area (Å²) in [6, 6.07) is 11.6. The van der Waals surface area contributed by atoms with E-state index in [0.29, 0.717) is 41.2 Å². The highest BCUT2D eigenvalue weighted by molar-refractivity contribution is 6.35. The molecule has 0 bridgehead atoms. The molecule has 0 N–H and O–H groups in total. The van der Waals surface area contributed by atoms with E-state index in [2.05, 4.69) is 0 Å². The van der Waals surface area contributed by atoms with E-state index in [1.165, 1.54) is 12.0 Å². The van der Waals surface area contributed by atoms with E-state index in [4.69, 9.17) is 4.74 Å². The maximum absolute atomic E-state index is 12.8. The smallest absolute Gasteiger partial charge is 0.337 e. The molecule has 1 aliphatic heterocycles. The van der Waals surface area contributed by atoms with Gasteiger partial charge in [-0.2, -0.15) is 0 Å². The van der Waals surface area contributed by atoms with Crippen LogP contribution in [0.15, 0.2) is 42.5 Å². The van der Waals surface area contributed by atoms with E-state index < -0.39 is 5.97 Å². The summed E-state index contributed by atoms with van der Waals surface area (Å²) in [6.45, 7) is 5.27. The molecule has 6 nitrogen and oxygen atoms in total. The number of ether oxygens (including phenoxy) is 1. The van der Waals surface area contributed by atoms with Crippen LogP contribution < -0.4 is 9.80 Å². The van der Waals surface area contributed by atoms with Gasteiger partial charge in [0, 0.05) is 13.1 Å². The lowest BCUT2D eigenvalue weighted by atomic mass is 10.1. The van der Waals surface area contributed by atoms with Crippen molar-refractivity contribution < 1.29 is 19.1 Å². The monoisotopic (exact) mass is 352 g/mol. The van der Waals surface area contributed by atoms with Gasteiger partial charge in [-0.15, -0.1) is 0 Å². The third-order valence-corrected chi connectivity index (χ3v) is 4.54. The fourth-order valence-corrected chi connectivity index (χ4v) is 3.18. The average Bonchev–Trinajstić information content (AvgIpc) is 2.93. The molecule has 0 aliphatic carbocycles. The van der Waals surface area contributed by atoms with Crippen LogP contribution in [0.4, 0.5) is 11.4 Å². The summed E-state index contributed by atoms with van der Waals surface area (Å²) in [5.41, 5.74) is 2.26. The van der Waals surface area contributed by atoms with Crippen LogP contribution in [0.5, 0.6) is 0 Å². The van der Waals surface area contributed by atoms with Crippen molar-refractivity contribution in [2.45, 2.75) is 13.8 Å². The van der Waals surface area contributed by atoms with Gasteiger partial charge in [0.25, 0.3) is 11.8 Å². The van der Waals surface area contributed by atoms with Gasteiger partial charge >= 0.3 is 5.97 Å². The first-order chi connectivity index (χ1) is 12.5. The first-order valence-electron chi connectivity index (χ1n) is 8.48. The number of fused-ring (bicyclic) bond motifs is 1. The average molecular weight is 352 g/mol. The molecule has 0 fully saturated rings. The van der Waals surface area contributed by atoms with Crippen LogP contribution >= 0.6 is 0 Å². The molecule has 0 atom stereocenters. The Balaban J connectivity index is 2.14. The number of esters is 1. The second-order valence-corrected chi connectivity index (χ2v) is 5.86. The van der Waals surface area contributed by atoms with Crippen LogP contribution in [-0.2, 0) is 4.74 Å². The van der Waals surface area contributed by atoms with Gasteiger partial charge in [-0.25, -0.2) is 9.69 Å². The Morgan fingerprint density at radius 2 is 1.58 bits per heavy atom. The van der Waals surface area contributed by atoms with Crippen molar-refractivity contribution in [3.63, 3.8) is 0 Å². The zero-order valence-corrected chi connectivity index (χ0v) is 15.0. The quantitative estimate of drug-likeness (QED) is 0.611. The number of carbonyl (C=O) groups excluding carboxylic acids is 3. The van der Waals surface area contributed by atoms with E-state index in [9.17, 15) is 14.4 Å². The van der Waals surface area contributed by atoms with Gasteiger partial charge in [-0.05, 0) is 44.2 Å². The molecule has 2 amide bonds. The summed E-state index contributed by atoms with van der Waals surface area (Å²) in [7, 11) is 1.32. The van der Waals surface area contributed by atoms with Crippen molar-refractivity contribution in [2.75, 3.05) is 30.0 Å².